The Hall–Kier alpha value is -2.01. The second-order valence-corrected chi connectivity index (χ2v) is 7.13. The molecule has 1 heterocycles. The molecule has 1 aromatic carbocycles. The minimum absolute atomic E-state index is 0.141. The van der Waals surface area contributed by atoms with Gasteiger partial charge in [0.2, 0.25) is 5.13 Å². The molecule has 6 nitrogen and oxygen atoms in total. The summed E-state index contributed by atoms with van der Waals surface area (Å²) in [6, 6.07) is 5.25. The van der Waals surface area contributed by atoms with Crippen molar-refractivity contribution >= 4 is 39.9 Å². The number of carbonyl (C=O) groups excluding carboxylic acids is 1. The van der Waals surface area contributed by atoms with Gasteiger partial charge in [0.05, 0.1) is 12.4 Å². The number of hydrogen-bond acceptors (Lipinski definition) is 8. The summed E-state index contributed by atoms with van der Waals surface area (Å²) in [5, 5.41) is 11.2. The number of anilines is 2. The number of alkyl halides is 3. The topological polar surface area (TPSA) is 73.3 Å². The van der Waals surface area contributed by atoms with E-state index < -0.39 is 6.36 Å². The van der Waals surface area contributed by atoms with Gasteiger partial charge in [-0.3, -0.25) is 4.79 Å². The zero-order chi connectivity index (χ0) is 19.0. The number of halogens is 3. The van der Waals surface area contributed by atoms with Crippen LogP contribution >= 0.6 is 23.1 Å². The predicted octanol–water partition coefficient (Wildman–Crippen LogP) is 4.62. The Morgan fingerprint density at radius 2 is 2.00 bits per heavy atom. The first-order valence-corrected chi connectivity index (χ1v) is 9.40. The third-order valence-corrected chi connectivity index (χ3v) is 4.77. The van der Waals surface area contributed by atoms with Crippen molar-refractivity contribution in [1.29, 1.82) is 0 Å². The highest BCUT2D eigenvalue weighted by molar-refractivity contribution is 8.01. The van der Waals surface area contributed by atoms with E-state index in [4.69, 9.17) is 4.74 Å². The number of nitrogens with one attached hydrogen (secondary N) is 1. The number of hydrogen-bond donors (Lipinski definition) is 1. The van der Waals surface area contributed by atoms with Crippen molar-refractivity contribution in [2.75, 3.05) is 17.7 Å². The van der Waals surface area contributed by atoms with Crippen LogP contribution in [0.15, 0.2) is 28.6 Å². The fourth-order valence-electron chi connectivity index (χ4n) is 1.67. The second-order valence-electron chi connectivity index (χ2n) is 4.93. The summed E-state index contributed by atoms with van der Waals surface area (Å²) in [5.41, 5.74) is 0.534. The van der Waals surface area contributed by atoms with E-state index >= 15 is 0 Å². The van der Waals surface area contributed by atoms with Gasteiger partial charge in [0.1, 0.15) is 5.75 Å². The van der Waals surface area contributed by atoms with Crippen LogP contribution in [-0.4, -0.2) is 34.9 Å². The first-order valence-electron chi connectivity index (χ1n) is 7.60. The van der Waals surface area contributed by atoms with Gasteiger partial charge in [0, 0.05) is 5.69 Å². The Balaban J connectivity index is 1.81. The number of nitrogens with zero attached hydrogens (tertiary/aromatic N) is 2. The molecule has 11 heteroatoms. The monoisotopic (exact) mass is 407 g/mol. The number of unbranched alkanes of at least 4 members (excludes halogenated alkanes) is 1. The zero-order valence-corrected chi connectivity index (χ0v) is 15.3. The van der Waals surface area contributed by atoms with E-state index in [1.807, 2.05) is 6.92 Å². The average molecular weight is 407 g/mol. The highest BCUT2D eigenvalue weighted by atomic mass is 32.2. The molecular weight excluding hydrogens is 391 g/mol. The van der Waals surface area contributed by atoms with Gasteiger partial charge in [0.15, 0.2) is 4.34 Å². The molecule has 0 unspecified atom stereocenters. The molecule has 1 N–H and O–H groups in total. The molecule has 0 spiro atoms. The number of esters is 1. The molecule has 0 atom stereocenters. The third-order valence-electron chi connectivity index (χ3n) is 2.82. The van der Waals surface area contributed by atoms with Crippen LogP contribution in [0, 0.1) is 0 Å². The Bertz CT molecular complexity index is 708. The Labute approximate surface area is 156 Å². The van der Waals surface area contributed by atoms with E-state index in [0.717, 1.165) is 12.8 Å². The van der Waals surface area contributed by atoms with Crippen molar-refractivity contribution in [3.63, 3.8) is 0 Å². The molecule has 1 aromatic heterocycles. The lowest BCUT2D eigenvalue weighted by molar-refractivity contribution is -0.274. The highest BCUT2D eigenvalue weighted by Gasteiger charge is 2.30. The van der Waals surface area contributed by atoms with Crippen LogP contribution in [0.25, 0.3) is 0 Å². The Morgan fingerprint density at radius 1 is 1.27 bits per heavy atom. The van der Waals surface area contributed by atoms with Crippen LogP contribution in [0.5, 0.6) is 5.75 Å². The van der Waals surface area contributed by atoms with Gasteiger partial charge in [-0.1, -0.05) is 36.4 Å². The molecule has 0 saturated heterocycles. The molecule has 0 fully saturated rings. The molecule has 0 saturated carbocycles. The Kier molecular flexibility index (Phi) is 7.51. The predicted molar refractivity (Wildman–Crippen MR) is 92.9 cm³/mol. The zero-order valence-electron chi connectivity index (χ0n) is 13.7. The summed E-state index contributed by atoms with van der Waals surface area (Å²) >= 11 is 2.43. The lowest BCUT2D eigenvalue weighted by atomic mass is 10.3. The fourth-order valence-corrected chi connectivity index (χ4v) is 3.24. The quantitative estimate of drug-likeness (QED) is 0.369. The molecule has 2 aromatic rings. The number of benzene rings is 1. The maximum atomic E-state index is 12.1. The van der Waals surface area contributed by atoms with E-state index in [1.54, 1.807) is 0 Å². The maximum absolute atomic E-state index is 12.1. The Morgan fingerprint density at radius 3 is 2.65 bits per heavy atom. The SMILES string of the molecule is CCCCOC(=O)CSc1nnc(Nc2ccc(OC(F)(F)F)cc2)s1. The van der Waals surface area contributed by atoms with Gasteiger partial charge in [-0.25, -0.2) is 0 Å². The first-order chi connectivity index (χ1) is 12.4. The van der Waals surface area contributed by atoms with Crippen LogP contribution in [0.3, 0.4) is 0 Å². The molecule has 0 aliphatic carbocycles. The van der Waals surface area contributed by atoms with Gasteiger partial charge in [-0.2, -0.15) is 0 Å². The standard InChI is InChI=1S/C15H16F3N3O3S2/c1-2-3-8-23-12(22)9-25-14-21-20-13(26-14)19-10-4-6-11(7-5-10)24-15(16,17)18/h4-7H,2-3,8-9H2,1H3,(H,19,20). The van der Waals surface area contributed by atoms with E-state index in [0.29, 0.717) is 21.8 Å². The van der Waals surface area contributed by atoms with E-state index in [9.17, 15) is 18.0 Å². The molecule has 0 aliphatic heterocycles. The van der Waals surface area contributed by atoms with Crippen LogP contribution in [0.2, 0.25) is 0 Å². The minimum Gasteiger partial charge on any atom is -0.465 e. The summed E-state index contributed by atoms with van der Waals surface area (Å²) < 4.78 is 45.8. The van der Waals surface area contributed by atoms with E-state index in [-0.39, 0.29) is 17.5 Å². The van der Waals surface area contributed by atoms with Crippen LogP contribution < -0.4 is 10.1 Å². The van der Waals surface area contributed by atoms with Gasteiger partial charge in [0.25, 0.3) is 0 Å². The van der Waals surface area contributed by atoms with E-state index in [2.05, 4.69) is 20.3 Å². The number of carbonyl (C=O) groups is 1. The summed E-state index contributed by atoms with van der Waals surface area (Å²) in [7, 11) is 0. The largest absolute Gasteiger partial charge is 0.573 e. The smallest absolute Gasteiger partial charge is 0.465 e. The average Bonchev–Trinajstić information content (AvgIpc) is 3.01. The van der Waals surface area contributed by atoms with Crippen LogP contribution in [0.1, 0.15) is 19.8 Å². The number of aromatic nitrogens is 2. The fraction of sp³-hybridized carbons (Fsp3) is 0.400. The van der Waals surface area contributed by atoms with Gasteiger partial charge < -0.3 is 14.8 Å². The van der Waals surface area contributed by atoms with Crippen molar-refractivity contribution in [2.24, 2.45) is 0 Å². The van der Waals surface area contributed by atoms with Crippen molar-refractivity contribution in [1.82, 2.24) is 10.2 Å². The van der Waals surface area contributed by atoms with Gasteiger partial charge >= 0.3 is 12.3 Å². The first kappa shape index (κ1) is 20.3. The van der Waals surface area contributed by atoms with Crippen LogP contribution in [-0.2, 0) is 9.53 Å². The molecule has 26 heavy (non-hydrogen) atoms. The number of thioether (sulfide) groups is 1. The number of rotatable bonds is 9. The lowest BCUT2D eigenvalue weighted by Crippen LogP contribution is -2.16. The maximum Gasteiger partial charge on any atom is 0.573 e. The molecule has 2 rings (SSSR count). The summed E-state index contributed by atoms with van der Waals surface area (Å²) in [5.74, 6) is -0.478. The summed E-state index contributed by atoms with van der Waals surface area (Å²) in [4.78, 5) is 11.5. The van der Waals surface area contributed by atoms with Crippen molar-refractivity contribution < 1.29 is 27.4 Å². The van der Waals surface area contributed by atoms with Crippen LogP contribution in [0.4, 0.5) is 24.0 Å². The normalized spacial score (nSPS) is 11.2. The molecule has 0 aliphatic rings. The van der Waals surface area contributed by atoms with Crippen molar-refractivity contribution in [3.05, 3.63) is 24.3 Å². The number of ether oxygens (including phenoxy) is 2. The molecule has 142 valence electrons. The minimum atomic E-state index is -4.72. The highest BCUT2D eigenvalue weighted by Crippen LogP contribution is 2.29. The van der Waals surface area contributed by atoms with Crippen molar-refractivity contribution in [2.45, 2.75) is 30.5 Å². The summed E-state index contributed by atoms with van der Waals surface area (Å²) in [6.07, 6.45) is -2.94. The molecule has 0 amide bonds. The molecule has 0 radical (unpaired) electrons. The second kappa shape index (κ2) is 9.62. The third kappa shape index (κ3) is 7.48. The summed E-state index contributed by atoms with van der Waals surface area (Å²) in [6.45, 7) is 2.42. The molecular formula is C15H16F3N3O3S2. The van der Waals surface area contributed by atoms with Gasteiger partial charge in [-0.05, 0) is 30.7 Å². The van der Waals surface area contributed by atoms with E-state index in [1.165, 1.54) is 47.4 Å². The van der Waals surface area contributed by atoms with Gasteiger partial charge in [-0.15, -0.1) is 23.4 Å². The van der Waals surface area contributed by atoms with Crippen molar-refractivity contribution in [3.8, 4) is 5.75 Å². The lowest BCUT2D eigenvalue weighted by Gasteiger charge is -2.09. The molecule has 0 bridgehead atoms.